The fourth-order valence-corrected chi connectivity index (χ4v) is 4.81. The van der Waals surface area contributed by atoms with Gasteiger partial charge in [0.1, 0.15) is 11.6 Å². The molecule has 3 heterocycles. The number of carbonyl (C=O) groups excluding carboxylic acids is 2. The molecule has 1 N–H and O–H groups in total. The monoisotopic (exact) mass is 561 g/mol. The number of thiophene rings is 1. The number of pyridine rings is 1. The second kappa shape index (κ2) is 12.0. The van der Waals surface area contributed by atoms with Gasteiger partial charge in [0.05, 0.1) is 22.2 Å². The van der Waals surface area contributed by atoms with E-state index in [1.807, 2.05) is 6.92 Å². The number of hydrogen-bond donors (Lipinski definition) is 1. The minimum absolute atomic E-state index is 0.00290. The molecule has 206 valence electrons. The maximum atomic E-state index is 13.9. The number of hydrogen-bond acceptors (Lipinski definition) is 5. The molecule has 1 aromatic carbocycles. The van der Waals surface area contributed by atoms with Crippen LogP contribution in [-0.2, 0) is 6.42 Å². The van der Waals surface area contributed by atoms with Crippen LogP contribution < -0.4 is 10.2 Å². The van der Waals surface area contributed by atoms with Gasteiger partial charge in [-0.2, -0.15) is 24.5 Å². The van der Waals surface area contributed by atoms with E-state index in [0.717, 1.165) is 19.3 Å². The first-order chi connectivity index (χ1) is 18.6. The van der Waals surface area contributed by atoms with Gasteiger partial charge in [0.25, 0.3) is 11.8 Å². The number of nitrogens with one attached hydrogen (secondary N) is 1. The van der Waals surface area contributed by atoms with E-state index in [2.05, 4.69) is 10.3 Å². The summed E-state index contributed by atoms with van der Waals surface area (Å²) in [7, 11) is 1.56. The molecule has 0 aliphatic rings. The molecule has 0 atom stereocenters. The molecule has 4 aromatic rings. The van der Waals surface area contributed by atoms with E-state index in [9.17, 15) is 27.2 Å². The van der Waals surface area contributed by atoms with E-state index in [0.29, 0.717) is 17.8 Å². The van der Waals surface area contributed by atoms with E-state index in [-0.39, 0.29) is 33.7 Å². The number of benzene rings is 1. The van der Waals surface area contributed by atoms with Crippen LogP contribution in [0.4, 0.5) is 23.2 Å². The Morgan fingerprint density at radius 1 is 1.13 bits per heavy atom. The normalized spacial score (nSPS) is 11.6. The largest absolute Gasteiger partial charge is 0.437 e. The molecule has 0 fully saturated rings. The number of halogens is 4. The number of fused-ring (bicyclic) bond motifs is 1. The van der Waals surface area contributed by atoms with Gasteiger partial charge in [-0.15, -0.1) is 0 Å². The molecule has 0 aliphatic carbocycles. The number of unbranched alkanes of at least 4 members (excludes halogenated alkanes) is 2. The van der Waals surface area contributed by atoms with Crippen molar-refractivity contribution in [1.29, 1.82) is 0 Å². The van der Waals surface area contributed by atoms with E-state index >= 15 is 0 Å². The fourth-order valence-electron chi connectivity index (χ4n) is 4.14. The quantitative estimate of drug-likeness (QED) is 0.162. The average Bonchev–Trinajstić information content (AvgIpc) is 3.57. The van der Waals surface area contributed by atoms with Gasteiger partial charge in [-0.05, 0) is 54.6 Å². The summed E-state index contributed by atoms with van der Waals surface area (Å²) in [5.74, 6) is -1.53. The Balaban J connectivity index is 1.91. The van der Waals surface area contributed by atoms with E-state index in [4.69, 9.17) is 4.42 Å². The summed E-state index contributed by atoms with van der Waals surface area (Å²) in [6.45, 7) is 2.38. The van der Waals surface area contributed by atoms with Gasteiger partial charge in [-0.1, -0.05) is 19.8 Å². The van der Waals surface area contributed by atoms with Crippen LogP contribution in [0.5, 0.6) is 0 Å². The van der Waals surface area contributed by atoms with Gasteiger partial charge >= 0.3 is 6.18 Å². The summed E-state index contributed by atoms with van der Waals surface area (Å²) in [4.78, 5) is 32.9. The van der Waals surface area contributed by atoms with Crippen molar-refractivity contribution >= 4 is 39.9 Å². The maximum Gasteiger partial charge on any atom is 0.389 e. The van der Waals surface area contributed by atoms with Crippen molar-refractivity contribution in [1.82, 2.24) is 10.3 Å². The SMILES string of the molecule is CCCCCNC(=O)c1cc(CCC(F)(F)F)nc2oc(-c3ccc(F)cc3)c(C(=O)N(C)c3ccsc3)c12. The highest BCUT2D eigenvalue weighted by molar-refractivity contribution is 7.08. The van der Waals surface area contributed by atoms with Gasteiger partial charge in [-0.3, -0.25) is 9.59 Å². The van der Waals surface area contributed by atoms with Gasteiger partial charge in [0.2, 0.25) is 5.71 Å². The molecule has 0 aliphatic heterocycles. The van der Waals surface area contributed by atoms with Crippen molar-refractivity contribution in [3.05, 3.63) is 69.8 Å². The molecule has 0 bridgehead atoms. The second-order valence-electron chi connectivity index (χ2n) is 9.08. The molecule has 4 rings (SSSR count). The summed E-state index contributed by atoms with van der Waals surface area (Å²) in [6, 6.07) is 8.27. The molecule has 39 heavy (non-hydrogen) atoms. The lowest BCUT2D eigenvalue weighted by molar-refractivity contribution is -0.134. The molecule has 6 nitrogen and oxygen atoms in total. The lowest BCUT2D eigenvalue weighted by atomic mass is 10.00. The molecule has 2 amide bonds. The molecular weight excluding hydrogens is 534 g/mol. The van der Waals surface area contributed by atoms with Crippen LogP contribution in [0.3, 0.4) is 0 Å². The lowest BCUT2D eigenvalue weighted by Crippen LogP contribution is -2.28. The number of carbonyl (C=O) groups is 2. The predicted molar refractivity (Wildman–Crippen MR) is 143 cm³/mol. The first-order valence-electron chi connectivity index (χ1n) is 12.5. The summed E-state index contributed by atoms with van der Waals surface area (Å²) in [5.41, 5.74) is 0.817. The zero-order chi connectivity index (χ0) is 28.2. The number of furan rings is 1. The Morgan fingerprint density at radius 2 is 1.87 bits per heavy atom. The third-order valence-corrected chi connectivity index (χ3v) is 6.88. The molecule has 0 saturated carbocycles. The van der Waals surface area contributed by atoms with E-state index in [1.165, 1.54) is 46.6 Å². The van der Waals surface area contributed by atoms with Crippen molar-refractivity contribution in [2.45, 2.75) is 45.2 Å². The Hall–Kier alpha value is -3.73. The number of aryl methyl sites for hydroxylation is 1. The zero-order valence-corrected chi connectivity index (χ0v) is 22.2. The van der Waals surface area contributed by atoms with E-state index in [1.54, 1.807) is 23.9 Å². The average molecular weight is 562 g/mol. The number of aromatic nitrogens is 1. The summed E-state index contributed by atoms with van der Waals surface area (Å²) < 4.78 is 58.7. The van der Waals surface area contributed by atoms with Crippen molar-refractivity contribution in [3.63, 3.8) is 0 Å². The molecule has 11 heteroatoms. The third kappa shape index (κ3) is 6.65. The first kappa shape index (κ1) is 28.3. The Kier molecular flexibility index (Phi) is 8.69. The standard InChI is InChI=1S/C28H27F4N3O3S/c1-3-4-5-13-33-25(36)21-15-19(10-12-28(30,31)32)34-26-22(21)23(27(37)35(2)20-11-14-39-16-20)24(38-26)17-6-8-18(29)9-7-17/h6-9,11,14-16H,3-5,10,12-13H2,1-2H3,(H,33,36). The van der Waals surface area contributed by atoms with Crippen LogP contribution >= 0.6 is 11.3 Å². The Morgan fingerprint density at radius 3 is 2.51 bits per heavy atom. The minimum Gasteiger partial charge on any atom is -0.437 e. The Labute approximate surface area is 226 Å². The van der Waals surface area contributed by atoms with Gasteiger partial charge in [-0.25, -0.2) is 9.37 Å². The van der Waals surface area contributed by atoms with Crippen LogP contribution in [0.2, 0.25) is 0 Å². The number of nitrogens with zero attached hydrogens (tertiary/aromatic N) is 2. The molecule has 0 saturated heterocycles. The van der Waals surface area contributed by atoms with Crippen LogP contribution in [0, 0.1) is 5.82 Å². The Bertz CT molecular complexity index is 1450. The molecular formula is C28H27F4N3O3S. The summed E-state index contributed by atoms with van der Waals surface area (Å²) >= 11 is 1.39. The van der Waals surface area contributed by atoms with Crippen LogP contribution in [0.15, 0.2) is 51.6 Å². The summed E-state index contributed by atoms with van der Waals surface area (Å²) in [6.07, 6.45) is -3.49. The topological polar surface area (TPSA) is 75.4 Å². The number of anilines is 1. The minimum atomic E-state index is -4.42. The van der Waals surface area contributed by atoms with Gasteiger partial charge in [0, 0.05) is 36.7 Å². The van der Waals surface area contributed by atoms with Crippen LogP contribution in [-0.4, -0.2) is 36.6 Å². The van der Waals surface area contributed by atoms with Crippen molar-refractivity contribution < 1.29 is 31.6 Å². The first-order valence-corrected chi connectivity index (χ1v) is 13.4. The number of amides is 2. The summed E-state index contributed by atoms with van der Waals surface area (Å²) in [5, 5.41) is 6.46. The zero-order valence-electron chi connectivity index (χ0n) is 21.4. The van der Waals surface area contributed by atoms with Crippen molar-refractivity contribution in [2.24, 2.45) is 0 Å². The second-order valence-corrected chi connectivity index (χ2v) is 9.86. The van der Waals surface area contributed by atoms with Gasteiger partial charge in [0.15, 0.2) is 0 Å². The van der Waals surface area contributed by atoms with E-state index < -0.39 is 36.6 Å². The predicted octanol–water partition coefficient (Wildman–Crippen LogP) is 7.39. The van der Waals surface area contributed by atoms with Crippen LogP contribution in [0.1, 0.15) is 59.0 Å². The highest BCUT2D eigenvalue weighted by atomic mass is 32.1. The maximum absolute atomic E-state index is 13.9. The smallest absolute Gasteiger partial charge is 0.389 e. The fraction of sp³-hybridized carbons (Fsp3) is 0.321. The third-order valence-electron chi connectivity index (χ3n) is 6.21. The number of alkyl halides is 3. The van der Waals surface area contributed by atoms with Crippen molar-refractivity contribution in [3.8, 4) is 11.3 Å². The molecule has 3 aromatic heterocycles. The van der Waals surface area contributed by atoms with Gasteiger partial charge < -0.3 is 14.6 Å². The molecule has 0 spiro atoms. The molecule has 0 radical (unpaired) electrons. The lowest BCUT2D eigenvalue weighted by Gasteiger charge is -2.16. The van der Waals surface area contributed by atoms with Crippen LogP contribution in [0.25, 0.3) is 22.4 Å². The highest BCUT2D eigenvalue weighted by Gasteiger charge is 2.32. The highest BCUT2D eigenvalue weighted by Crippen LogP contribution is 2.37. The number of rotatable bonds is 10. The molecule has 0 unspecified atom stereocenters. The van der Waals surface area contributed by atoms with Crippen molar-refractivity contribution in [2.75, 3.05) is 18.5 Å².